The van der Waals surface area contributed by atoms with Gasteiger partial charge in [0.1, 0.15) is 0 Å². The van der Waals surface area contributed by atoms with E-state index in [1.54, 1.807) is 24.3 Å². The Bertz CT molecular complexity index is 398. The van der Waals surface area contributed by atoms with Gasteiger partial charge in [-0.2, -0.15) is 0 Å². The van der Waals surface area contributed by atoms with Gasteiger partial charge in [0.05, 0.1) is 0 Å². The summed E-state index contributed by atoms with van der Waals surface area (Å²) in [6, 6.07) is 8.77. The lowest BCUT2D eigenvalue weighted by Gasteiger charge is -1.98. The smallest absolute Gasteiger partial charge is 0.380 e. The van der Waals surface area contributed by atoms with E-state index in [2.05, 4.69) is 9.99 Å². The molecule has 0 fully saturated rings. The number of oxime groups is 1. The van der Waals surface area contributed by atoms with E-state index in [0.717, 1.165) is 6.92 Å². The third-order valence-corrected chi connectivity index (χ3v) is 1.58. The van der Waals surface area contributed by atoms with Crippen molar-refractivity contribution in [2.45, 2.75) is 6.92 Å². The van der Waals surface area contributed by atoms with Crippen LogP contribution in [0.4, 0.5) is 0 Å². The molecule has 0 saturated carbocycles. The van der Waals surface area contributed by atoms with Crippen LogP contribution in [-0.2, 0) is 14.4 Å². The molecule has 1 rings (SSSR count). The second-order valence-electron chi connectivity index (χ2n) is 2.78. The highest BCUT2D eigenvalue weighted by molar-refractivity contribution is 6.32. The molecule has 2 N–H and O–H groups in total. The van der Waals surface area contributed by atoms with E-state index in [1.807, 2.05) is 6.07 Å². The third-order valence-electron chi connectivity index (χ3n) is 1.58. The number of nitrogens with zero attached hydrogens (tertiary/aromatic N) is 1. The number of hydrogen-bond acceptors (Lipinski definition) is 4. The highest BCUT2D eigenvalue weighted by Gasteiger charge is 2.09. The lowest BCUT2D eigenvalue weighted by atomic mass is 10.2. The van der Waals surface area contributed by atoms with Gasteiger partial charge in [0.2, 0.25) is 5.78 Å². The molecule has 0 aromatic heterocycles. The first kappa shape index (κ1) is 10.9. The summed E-state index contributed by atoms with van der Waals surface area (Å²) in [6.07, 6.45) is 0. The molecule has 0 atom stereocenters. The standard InChI is InChI=1S/C10H10N2O3/c1-7(13)10(14)15-12-9(11)8-5-3-2-4-6-8/h2-6H,1H3,(H2,11,12). The highest BCUT2D eigenvalue weighted by atomic mass is 16.7. The van der Waals surface area contributed by atoms with Crippen LogP contribution in [0, 0.1) is 0 Å². The minimum atomic E-state index is -1.03. The SMILES string of the molecule is CC(=O)C(=O)O/N=C(\N)c1ccccc1. The van der Waals surface area contributed by atoms with E-state index in [4.69, 9.17) is 5.73 Å². The Hall–Kier alpha value is -2.17. The topological polar surface area (TPSA) is 81.8 Å². The maximum atomic E-state index is 10.7. The van der Waals surface area contributed by atoms with Crippen LogP contribution in [0.2, 0.25) is 0 Å². The molecule has 78 valence electrons. The van der Waals surface area contributed by atoms with Crippen LogP contribution in [-0.4, -0.2) is 17.6 Å². The van der Waals surface area contributed by atoms with Gasteiger partial charge in [-0.15, -0.1) is 0 Å². The van der Waals surface area contributed by atoms with Gasteiger partial charge in [-0.1, -0.05) is 35.5 Å². The number of ketones is 1. The van der Waals surface area contributed by atoms with Crippen molar-refractivity contribution >= 4 is 17.6 Å². The number of carbonyl (C=O) groups excluding carboxylic acids is 2. The predicted molar refractivity (Wildman–Crippen MR) is 53.9 cm³/mol. The fourth-order valence-corrected chi connectivity index (χ4v) is 0.817. The number of benzene rings is 1. The summed E-state index contributed by atoms with van der Waals surface area (Å²) in [4.78, 5) is 25.5. The first-order chi connectivity index (χ1) is 7.11. The Morgan fingerprint density at radius 2 is 1.87 bits per heavy atom. The average Bonchev–Trinajstić information content (AvgIpc) is 2.26. The van der Waals surface area contributed by atoms with Crippen LogP contribution in [0.25, 0.3) is 0 Å². The van der Waals surface area contributed by atoms with Crippen molar-refractivity contribution in [2.24, 2.45) is 10.9 Å². The summed E-state index contributed by atoms with van der Waals surface area (Å²) in [5, 5.41) is 3.34. The summed E-state index contributed by atoms with van der Waals surface area (Å²) in [5.41, 5.74) is 6.12. The molecule has 5 heteroatoms. The summed E-state index contributed by atoms with van der Waals surface area (Å²) < 4.78 is 0. The Morgan fingerprint density at radius 3 is 2.40 bits per heavy atom. The quantitative estimate of drug-likeness (QED) is 0.256. The normalized spacial score (nSPS) is 10.9. The Kier molecular flexibility index (Phi) is 3.56. The van der Waals surface area contributed by atoms with E-state index in [1.165, 1.54) is 0 Å². The summed E-state index contributed by atoms with van der Waals surface area (Å²) >= 11 is 0. The van der Waals surface area contributed by atoms with Crippen LogP contribution < -0.4 is 5.73 Å². The van der Waals surface area contributed by atoms with Crippen molar-refractivity contribution < 1.29 is 14.4 Å². The van der Waals surface area contributed by atoms with Crippen molar-refractivity contribution in [3.63, 3.8) is 0 Å². The van der Waals surface area contributed by atoms with Gasteiger partial charge < -0.3 is 10.6 Å². The lowest BCUT2D eigenvalue weighted by Crippen LogP contribution is -2.17. The number of Topliss-reactive ketones (excluding diaryl/α,β-unsaturated/α-hetero) is 1. The molecular weight excluding hydrogens is 196 g/mol. The molecule has 0 unspecified atom stereocenters. The van der Waals surface area contributed by atoms with Crippen molar-refractivity contribution in [1.29, 1.82) is 0 Å². The molecule has 0 bridgehead atoms. The predicted octanol–water partition coefficient (Wildman–Crippen LogP) is 0.439. The molecule has 1 aromatic rings. The average molecular weight is 206 g/mol. The number of nitrogens with two attached hydrogens (primary N) is 1. The maximum Gasteiger partial charge on any atom is 0.400 e. The van der Waals surface area contributed by atoms with Crippen LogP contribution in [0.3, 0.4) is 0 Å². The lowest BCUT2D eigenvalue weighted by molar-refractivity contribution is -0.152. The molecule has 0 spiro atoms. The van der Waals surface area contributed by atoms with Gasteiger partial charge in [-0.25, -0.2) is 4.79 Å². The van der Waals surface area contributed by atoms with Gasteiger partial charge in [-0.05, 0) is 0 Å². The first-order valence-corrected chi connectivity index (χ1v) is 4.22. The first-order valence-electron chi connectivity index (χ1n) is 4.22. The number of carbonyl (C=O) groups is 2. The molecule has 0 aliphatic heterocycles. The van der Waals surface area contributed by atoms with E-state index in [0.29, 0.717) is 5.56 Å². The van der Waals surface area contributed by atoms with Crippen molar-refractivity contribution in [3.8, 4) is 0 Å². The molecule has 0 aliphatic carbocycles. The van der Waals surface area contributed by atoms with Crippen molar-refractivity contribution in [2.75, 3.05) is 0 Å². The minimum Gasteiger partial charge on any atom is -0.380 e. The molecule has 15 heavy (non-hydrogen) atoms. The molecule has 5 nitrogen and oxygen atoms in total. The largest absolute Gasteiger partial charge is 0.400 e. The summed E-state index contributed by atoms with van der Waals surface area (Å²) in [5.74, 6) is -1.71. The monoisotopic (exact) mass is 206 g/mol. The van der Waals surface area contributed by atoms with Gasteiger partial charge in [0, 0.05) is 12.5 Å². The van der Waals surface area contributed by atoms with E-state index >= 15 is 0 Å². The minimum absolute atomic E-state index is 0.0465. The fraction of sp³-hybridized carbons (Fsp3) is 0.100. The fourth-order valence-electron chi connectivity index (χ4n) is 0.817. The van der Waals surface area contributed by atoms with Gasteiger partial charge in [0.15, 0.2) is 5.84 Å². The van der Waals surface area contributed by atoms with Crippen LogP contribution >= 0.6 is 0 Å². The molecule has 0 heterocycles. The maximum absolute atomic E-state index is 10.7. The van der Waals surface area contributed by atoms with E-state index < -0.39 is 11.8 Å². The molecule has 0 saturated heterocycles. The Balaban J connectivity index is 2.69. The number of hydrogen-bond donors (Lipinski definition) is 1. The molecule has 1 aromatic carbocycles. The van der Waals surface area contributed by atoms with E-state index in [-0.39, 0.29) is 5.84 Å². The van der Waals surface area contributed by atoms with Gasteiger partial charge >= 0.3 is 5.97 Å². The third kappa shape index (κ3) is 3.22. The van der Waals surface area contributed by atoms with Crippen LogP contribution in [0.15, 0.2) is 35.5 Å². The zero-order valence-electron chi connectivity index (χ0n) is 8.14. The van der Waals surface area contributed by atoms with Crippen molar-refractivity contribution in [1.82, 2.24) is 0 Å². The Morgan fingerprint density at radius 1 is 1.27 bits per heavy atom. The highest BCUT2D eigenvalue weighted by Crippen LogP contribution is 1.98. The zero-order chi connectivity index (χ0) is 11.3. The van der Waals surface area contributed by atoms with Gasteiger partial charge in [-0.3, -0.25) is 4.79 Å². The second kappa shape index (κ2) is 4.90. The molecule has 0 radical (unpaired) electrons. The second-order valence-corrected chi connectivity index (χ2v) is 2.78. The zero-order valence-corrected chi connectivity index (χ0v) is 8.14. The van der Waals surface area contributed by atoms with Gasteiger partial charge in [0.25, 0.3) is 0 Å². The molecular formula is C10H10N2O3. The van der Waals surface area contributed by atoms with Crippen LogP contribution in [0.1, 0.15) is 12.5 Å². The van der Waals surface area contributed by atoms with E-state index in [9.17, 15) is 9.59 Å². The van der Waals surface area contributed by atoms with Crippen molar-refractivity contribution in [3.05, 3.63) is 35.9 Å². The molecule has 0 amide bonds. The summed E-state index contributed by atoms with van der Waals surface area (Å²) in [6.45, 7) is 1.09. The summed E-state index contributed by atoms with van der Waals surface area (Å²) in [7, 11) is 0. The van der Waals surface area contributed by atoms with Crippen LogP contribution in [0.5, 0.6) is 0 Å². The number of rotatable bonds is 3. The Labute approximate surface area is 86.5 Å². The number of amidine groups is 1. The molecule has 0 aliphatic rings.